The van der Waals surface area contributed by atoms with Gasteiger partial charge in [0.15, 0.2) is 0 Å². The van der Waals surface area contributed by atoms with Crippen LogP contribution < -0.4 is 15.1 Å². The second-order valence-corrected chi connectivity index (χ2v) is 7.47. The van der Waals surface area contributed by atoms with Crippen LogP contribution in [0.3, 0.4) is 0 Å². The summed E-state index contributed by atoms with van der Waals surface area (Å²) in [5.41, 5.74) is 4.13. The lowest BCUT2D eigenvalue weighted by Gasteiger charge is -2.20. The van der Waals surface area contributed by atoms with Crippen molar-refractivity contribution in [2.24, 2.45) is 0 Å². The van der Waals surface area contributed by atoms with E-state index in [1.165, 1.54) is 11.8 Å². The average molecular weight is 431 g/mol. The summed E-state index contributed by atoms with van der Waals surface area (Å²) in [6, 6.07) is 18.1. The molecule has 3 amide bonds. The number of aryl methyl sites for hydroxylation is 1. The topological polar surface area (TPSA) is 82.6 Å². The van der Waals surface area contributed by atoms with E-state index in [-0.39, 0.29) is 11.8 Å². The van der Waals surface area contributed by atoms with Gasteiger partial charge in [0.1, 0.15) is 0 Å². The van der Waals surface area contributed by atoms with Crippen molar-refractivity contribution in [2.45, 2.75) is 20.3 Å². The number of rotatable bonds is 8. The molecule has 2 aromatic carbocycles. The number of carbonyl (C=O) groups excluding carboxylic acids is 3. The summed E-state index contributed by atoms with van der Waals surface area (Å²) >= 11 is 0. The van der Waals surface area contributed by atoms with Crippen LogP contribution in [0.2, 0.25) is 0 Å². The number of hydrogen-bond acceptors (Lipinski definition) is 4. The van der Waals surface area contributed by atoms with Crippen LogP contribution in [0.15, 0.2) is 66.9 Å². The number of nitrogens with zero attached hydrogens (tertiary/aromatic N) is 3. The van der Waals surface area contributed by atoms with E-state index in [1.54, 1.807) is 48.5 Å². The summed E-state index contributed by atoms with van der Waals surface area (Å²) in [6.07, 6.45) is 3.15. The number of nitrogens with one attached hydrogen (secondary N) is 1. The van der Waals surface area contributed by atoms with Gasteiger partial charge in [-0.05, 0) is 61.0 Å². The fraction of sp³-hybridized carbons (Fsp3) is 0.200. The highest BCUT2D eigenvalue weighted by atomic mass is 16.2. The van der Waals surface area contributed by atoms with E-state index in [4.69, 9.17) is 0 Å². The highest BCUT2D eigenvalue weighted by Crippen LogP contribution is 2.24. The van der Waals surface area contributed by atoms with E-state index in [2.05, 4.69) is 10.3 Å². The van der Waals surface area contributed by atoms with Crippen LogP contribution in [0.4, 0.5) is 17.1 Å². The second kappa shape index (κ2) is 10.3. The molecule has 3 aromatic rings. The first-order valence-electron chi connectivity index (χ1n) is 10.3. The molecule has 0 unspecified atom stereocenters. The van der Waals surface area contributed by atoms with E-state index in [0.29, 0.717) is 29.9 Å². The molecule has 32 heavy (non-hydrogen) atoms. The van der Waals surface area contributed by atoms with Gasteiger partial charge >= 0.3 is 0 Å². The smallest absolute Gasteiger partial charge is 0.257 e. The first-order chi connectivity index (χ1) is 15.4. The molecule has 7 heteroatoms. The van der Waals surface area contributed by atoms with Crippen molar-refractivity contribution in [1.82, 2.24) is 4.98 Å². The van der Waals surface area contributed by atoms with Crippen molar-refractivity contribution in [3.8, 4) is 0 Å². The summed E-state index contributed by atoms with van der Waals surface area (Å²) in [7, 11) is 1.64. The zero-order valence-corrected chi connectivity index (χ0v) is 18.4. The van der Waals surface area contributed by atoms with Crippen molar-refractivity contribution in [1.29, 1.82) is 0 Å². The fourth-order valence-corrected chi connectivity index (χ4v) is 3.24. The standard InChI is InChI=1S/C25H26N4O3/c1-18-7-12-23(24(16-18)28(3)19(2)31)25(32)27-21-8-10-22(11-9-21)29(17-30)15-13-20-6-4-5-14-26-20/h4-12,14,16-17H,13,15H2,1-3H3,(H,27,32). The van der Waals surface area contributed by atoms with Gasteiger partial charge < -0.3 is 15.1 Å². The summed E-state index contributed by atoms with van der Waals surface area (Å²) < 4.78 is 0. The number of carbonyl (C=O) groups is 3. The molecule has 0 radical (unpaired) electrons. The molecule has 0 atom stereocenters. The summed E-state index contributed by atoms with van der Waals surface area (Å²) in [5, 5.41) is 2.86. The molecular formula is C25H26N4O3. The molecule has 1 aromatic heterocycles. The lowest BCUT2D eigenvalue weighted by molar-refractivity contribution is -0.116. The van der Waals surface area contributed by atoms with Gasteiger partial charge in [0.05, 0.1) is 11.3 Å². The molecule has 0 saturated carbocycles. The average Bonchev–Trinajstić information content (AvgIpc) is 2.80. The number of hydrogen-bond donors (Lipinski definition) is 1. The molecule has 1 N–H and O–H groups in total. The van der Waals surface area contributed by atoms with Crippen LogP contribution in [0.5, 0.6) is 0 Å². The van der Waals surface area contributed by atoms with Crippen LogP contribution in [0.1, 0.15) is 28.5 Å². The lowest BCUT2D eigenvalue weighted by Crippen LogP contribution is -2.26. The van der Waals surface area contributed by atoms with Gasteiger partial charge in [-0.15, -0.1) is 0 Å². The Morgan fingerprint density at radius 2 is 1.81 bits per heavy atom. The van der Waals surface area contributed by atoms with Crippen molar-refractivity contribution in [3.63, 3.8) is 0 Å². The Kier molecular flexibility index (Phi) is 7.33. The lowest BCUT2D eigenvalue weighted by atomic mass is 10.1. The third-order valence-electron chi connectivity index (χ3n) is 5.15. The molecule has 0 aliphatic heterocycles. The van der Waals surface area contributed by atoms with E-state index < -0.39 is 0 Å². The van der Waals surface area contributed by atoms with Crippen LogP contribution in [-0.4, -0.2) is 36.8 Å². The fourth-order valence-electron chi connectivity index (χ4n) is 3.24. The summed E-state index contributed by atoms with van der Waals surface area (Å²) in [6.45, 7) is 3.86. The molecule has 0 aliphatic carbocycles. The number of aromatic nitrogens is 1. The molecule has 3 rings (SSSR count). The van der Waals surface area contributed by atoms with Gasteiger partial charge in [-0.3, -0.25) is 19.4 Å². The van der Waals surface area contributed by atoms with E-state index in [0.717, 1.165) is 23.4 Å². The molecule has 0 bridgehead atoms. The Bertz CT molecular complexity index is 1100. The van der Waals surface area contributed by atoms with Gasteiger partial charge in [-0.2, -0.15) is 0 Å². The second-order valence-electron chi connectivity index (χ2n) is 7.47. The number of pyridine rings is 1. The van der Waals surface area contributed by atoms with Gasteiger partial charge in [-0.25, -0.2) is 0 Å². The predicted octanol–water partition coefficient (Wildman–Crippen LogP) is 3.83. The van der Waals surface area contributed by atoms with Crippen LogP contribution in [0.25, 0.3) is 0 Å². The normalized spacial score (nSPS) is 10.3. The highest BCUT2D eigenvalue weighted by Gasteiger charge is 2.17. The minimum Gasteiger partial charge on any atom is -0.322 e. The largest absolute Gasteiger partial charge is 0.322 e. The van der Waals surface area contributed by atoms with Gasteiger partial charge in [0.2, 0.25) is 12.3 Å². The molecule has 1 heterocycles. The molecule has 0 fully saturated rings. The van der Waals surface area contributed by atoms with Gasteiger partial charge in [0, 0.05) is 50.2 Å². The maximum absolute atomic E-state index is 12.9. The van der Waals surface area contributed by atoms with Gasteiger partial charge in [-0.1, -0.05) is 12.1 Å². The monoisotopic (exact) mass is 430 g/mol. The molecule has 0 saturated heterocycles. The Balaban J connectivity index is 1.71. The van der Waals surface area contributed by atoms with E-state index in [9.17, 15) is 14.4 Å². The zero-order valence-electron chi connectivity index (χ0n) is 18.4. The third-order valence-corrected chi connectivity index (χ3v) is 5.15. The van der Waals surface area contributed by atoms with Crippen LogP contribution in [0, 0.1) is 6.92 Å². The Morgan fingerprint density at radius 1 is 1.06 bits per heavy atom. The summed E-state index contributed by atoms with van der Waals surface area (Å²) in [4.78, 5) is 43.6. The quantitative estimate of drug-likeness (QED) is 0.551. The molecular weight excluding hydrogens is 404 g/mol. The molecule has 0 spiro atoms. The minimum atomic E-state index is -0.316. The van der Waals surface area contributed by atoms with E-state index in [1.807, 2.05) is 37.3 Å². The van der Waals surface area contributed by atoms with Crippen LogP contribution >= 0.6 is 0 Å². The first-order valence-corrected chi connectivity index (χ1v) is 10.3. The SMILES string of the molecule is CC(=O)N(C)c1cc(C)ccc1C(=O)Nc1ccc(N(C=O)CCc2ccccn2)cc1. The first kappa shape index (κ1) is 22.7. The van der Waals surface area contributed by atoms with Crippen molar-refractivity contribution in [2.75, 3.05) is 28.7 Å². The number of benzene rings is 2. The van der Waals surface area contributed by atoms with E-state index >= 15 is 0 Å². The number of amides is 3. The molecule has 164 valence electrons. The maximum Gasteiger partial charge on any atom is 0.257 e. The molecule has 7 nitrogen and oxygen atoms in total. The Labute approximate surface area is 187 Å². The Hall–Kier alpha value is -4.00. The zero-order chi connectivity index (χ0) is 23.1. The summed E-state index contributed by atoms with van der Waals surface area (Å²) in [5.74, 6) is -0.475. The third kappa shape index (κ3) is 5.57. The van der Waals surface area contributed by atoms with Crippen molar-refractivity contribution in [3.05, 3.63) is 83.7 Å². The minimum absolute atomic E-state index is 0.159. The maximum atomic E-state index is 12.9. The van der Waals surface area contributed by atoms with Crippen LogP contribution in [-0.2, 0) is 16.0 Å². The molecule has 0 aliphatic rings. The Morgan fingerprint density at radius 3 is 2.44 bits per heavy atom. The van der Waals surface area contributed by atoms with Gasteiger partial charge in [0.25, 0.3) is 5.91 Å². The van der Waals surface area contributed by atoms with Crippen molar-refractivity contribution >= 4 is 35.3 Å². The highest BCUT2D eigenvalue weighted by molar-refractivity contribution is 6.10. The number of anilines is 3. The predicted molar refractivity (Wildman–Crippen MR) is 126 cm³/mol. The van der Waals surface area contributed by atoms with Crippen molar-refractivity contribution < 1.29 is 14.4 Å².